The van der Waals surface area contributed by atoms with Crippen molar-refractivity contribution in [2.75, 3.05) is 19.5 Å². The maximum absolute atomic E-state index is 13.7. The molecule has 2 aliphatic rings. The number of hydrogen-bond donors (Lipinski definition) is 2. The Morgan fingerprint density at radius 3 is 2.76 bits per heavy atom. The molecular weight excluding hydrogens is 499 g/mol. The Hall–Kier alpha value is -3.47. The van der Waals surface area contributed by atoms with Crippen LogP contribution in [0.4, 0.5) is 5.95 Å². The van der Waals surface area contributed by atoms with Crippen LogP contribution in [-0.4, -0.2) is 51.4 Å². The number of nitrogen functional groups attached to an aromatic ring is 1. The molecule has 12 nitrogen and oxygen atoms in total. The Morgan fingerprint density at radius 1 is 1.24 bits per heavy atom. The summed E-state index contributed by atoms with van der Waals surface area (Å²) in [6.45, 7) is 1.67. The van der Waals surface area contributed by atoms with Crippen molar-refractivity contribution in [3.8, 4) is 11.6 Å². The van der Waals surface area contributed by atoms with Gasteiger partial charge in [0.2, 0.25) is 11.8 Å². The lowest BCUT2D eigenvalue weighted by molar-refractivity contribution is -0.146. The molecule has 37 heavy (non-hydrogen) atoms. The minimum atomic E-state index is -3.92. The van der Waals surface area contributed by atoms with Gasteiger partial charge in [0, 0.05) is 5.92 Å². The number of hydrogen-bond acceptors (Lipinski definition) is 10. The number of esters is 1. The first-order valence-corrected chi connectivity index (χ1v) is 13.6. The highest BCUT2D eigenvalue weighted by Crippen LogP contribution is 2.46. The Kier molecular flexibility index (Phi) is 7.14. The summed E-state index contributed by atoms with van der Waals surface area (Å²) >= 11 is 0. The Labute approximate surface area is 213 Å². The van der Waals surface area contributed by atoms with E-state index in [4.69, 9.17) is 24.3 Å². The third-order valence-corrected chi connectivity index (χ3v) is 7.69. The second-order valence-corrected chi connectivity index (χ2v) is 10.7. The fourth-order valence-electron chi connectivity index (χ4n) is 4.02. The van der Waals surface area contributed by atoms with Crippen molar-refractivity contribution in [3.05, 3.63) is 48.8 Å². The van der Waals surface area contributed by atoms with Gasteiger partial charge in [-0.25, -0.2) is 9.55 Å². The van der Waals surface area contributed by atoms with Gasteiger partial charge in [-0.2, -0.15) is 15.1 Å². The summed E-state index contributed by atoms with van der Waals surface area (Å²) in [7, 11) is -2.42. The van der Waals surface area contributed by atoms with Crippen molar-refractivity contribution in [1.29, 1.82) is 0 Å². The van der Waals surface area contributed by atoms with Crippen LogP contribution in [0.15, 0.2) is 48.8 Å². The number of allylic oxidation sites excluding steroid dienone is 1. The first-order chi connectivity index (χ1) is 17.8. The van der Waals surface area contributed by atoms with Gasteiger partial charge in [0.15, 0.2) is 11.2 Å². The Morgan fingerprint density at radius 2 is 2.03 bits per heavy atom. The molecule has 2 aromatic heterocycles. The van der Waals surface area contributed by atoms with Gasteiger partial charge in [0.1, 0.15) is 17.9 Å². The standard InChI is InChI=1S/C24H29N6O6P/c1-15(23(31)35-18-10-11-18)29-37(32,36-19-6-4-3-5-7-19)34-13-16-8-9-17(12-16)30-14-26-20-21(30)27-24(25)28-22(20)33-2/h3-9,14-18H,10-13H2,1-2H3,(H,29,32)(H2,25,27,28)/t15-,16+,17-,37?/m0/s1. The molecule has 1 saturated carbocycles. The molecule has 0 amide bonds. The van der Waals surface area contributed by atoms with E-state index in [0.717, 1.165) is 12.8 Å². The number of methoxy groups -OCH3 is 1. The van der Waals surface area contributed by atoms with Crippen LogP contribution in [0.1, 0.15) is 32.2 Å². The molecule has 4 atom stereocenters. The zero-order valence-corrected chi connectivity index (χ0v) is 21.4. The zero-order valence-electron chi connectivity index (χ0n) is 20.5. The SMILES string of the molecule is COc1nc(N)nc2c1ncn2[C@H]1C=C[C@@H](COP(=O)(N[C@@H](C)C(=O)OC2CC2)Oc2ccccc2)C1. The van der Waals surface area contributed by atoms with Crippen LogP contribution in [0.5, 0.6) is 11.6 Å². The molecule has 0 saturated heterocycles. The molecule has 0 radical (unpaired) electrons. The number of nitrogens with zero attached hydrogens (tertiary/aromatic N) is 4. The van der Waals surface area contributed by atoms with E-state index in [1.165, 1.54) is 7.11 Å². The summed E-state index contributed by atoms with van der Waals surface area (Å²) < 4.78 is 37.8. The lowest BCUT2D eigenvalue weighted by atomic mass is 10.1. The molecule has 196 valence electrons. The van der Waals surface area contributed by atoms with Gasteiger partial charge in [-0.3, -0.25) is 9.32 Å². The number of nitrogens with one attached hydrogen (secondary N) is 1. The molecule has 1 aromatic carbocycles. The van der Waals surface area contributed by atoms with Crippen molar-refractivity contribution in [1.82, 2.24) is 24.6 Å². The molecular formula is C24H29N6O6P. The minimum Gasteiger partial charge on any atom is -0.479 e. The van der Waals surface area contributed by atoms with E-state index in [1.54, 1.807) is 37.5 Å². The highest BCUT2D eigenvalue weighted by Gasteiger charge is 2.36. The predicted octanol–water partition coefficient (Wildman–Crippen LogP) is 3.42. The summed E-state index contributed by atoms with van der Waals surface area (Å²) in [6, 6.07) is 7.72. The maximum atomic E-state index is 13.7. The predicted molar refractivity (Wildman–Crippen MR) is 135 cm³/mol. The highest BCUT2D eigenvalue weighted by molar-refractivity contribution is 7.52. The molecule has 1 fully saturated rings. The summed E-state index contributed by atoms with van der Waals surface area (Å²) in [6.07, 6.45) is 7.93. The Bertz CT molecular complexity index is 1340. The van der Waals surface area contributed by atoms with E-state index in [2.05, 4.69) is 20.0 Å². The van der Waals surface area contributed by atoms with Gasteiger partial charge in [-0.05, 0) is 38.3 Å². The van der Waals surface area contributed by atoms with Crippen LogP contribution in [0, 0.1) is 5.92 Å². The number of fused-ring (bicyclic) bond motifs is 1. The van der Waals surface area contributed by atoms with E-state index in [0.29, 0.717) is 29.2 Å². The van der Waals surface area contributed by atoms with Gasteiger partial charge in [-0.1, -0.05) is 30.4 Å². The van der Waals surface area contributed by atoms with Gasteiger partial charge < -0.3 is 24.3 Å². The van der Waals surface area contributed by atoms with Crippen LogP contribution >= 0.6 is 7.75 Å². The van der Waals surface area contributed by atoms with Crippen LogP contribution in [0.3, 0.4) is 0 Å². The molecule has 3 N–H and O–H groups in total. The number of para-hydroxylation sites is 1. The molecule has 3 aromatic rings. The lowest BCUT2D eigenvalue weighted by Crippen LogP contribution is -2.35. The maximum Gasteiger partial charge on any atom is 0.459 e. The quantitative estimate of drug-likeness (QED) is 0.214. The van der Waals surface area contributed by atoms with E-state index >= 15 is 0 Å². The van der Waals surface area contributed by atoms with Gasteiger partial charge in [-0.15, -0.1) is 0 Å². The largest absolute Gasteiger partial charge is 0.479 e. The van der Waals surface area contributed by atoms with Crippen molar-refractivity contribution >= 4 is 30.8 Å². The lowest BCUT2D eigenvalue weighted by Gasteiger charge is -2.24. The number of carbonyl (C=O) groups is 1. The molecule has 0 aliphatic heterocycles. The zero-order chi connectivity index (χ0) is 26.0. The first kappa shape index (κ1) is 25.2. The van der Waals surface area contributed by atoms with Crippen molar-refractivity contribution < 1.29 is 27.9 Å². The van der Waals surface area contributed by atoms with Crippen LogP contribution < -0.4 is 20.1 Å². The number of nitrogens with two attached hydrogens (primary N) is 1. The first-order valence-electron chi connectivity index (χ1n) is 12.0. The average molecular weight is 529 g/mol. The number of rotatable bonds is 11. The van der Waals surface area contributed by atoms with Crippen LogP contribution in [0.2, 0.25) is 0 Å². The second kappa shape index (κ2) is 10.5. The Balaban J connectivity index is 1.26. The minimum absolute atomic E-state index is 0.0625. The smallest absolute Gasteiger partial charge is 0.459 e. The van der Waals surface area contributed by atoms with E-state index in [9.17, 15) is 9.36 Å². The summed E-state index contributed by atoms with van der Waals surface area (Å²) in [5.41, 5.74) is 6.91. The van der Waals surface area contributed by atoms with E-state index in [1.807, 2.05) is 22.8 Å². The highest BCUT2D eigenvalue weighted by atomic mass is 31.2. The molecule has 2 heterocycles. The van der Waals surface area contributed by atoms with E-state index < -0.39 is 19.8 Å². The van der Waals surface area contributed by atoms with Crippen LogP contribution in [0.25, 0.3) is 11.2 Å². The summed E-state index contributed by atoms with van der Waals surface area (Å²) in [5, 5.41) is 2.73. The van der Waals surface area contributed by atoms with Crippen molar-refractivity contribution in [3.63, 3.8) is 0 Å². The molecule has 5 rings (SSSR count). The molecule has 13 heteroatoms. The average Bonchev–Trinajstić information content (AvgIpc) is 3.40. The summed E-state index contributed by atoms with van der Waals surface area (Å²) in [5.74, 6) is 0.186. The number of aromatic nitrogens is 4. The number of ether oxygens (including phenoxy) is 2. The topological polar surface area (TPSA) is 153 Å². The monoisotopic (exact) mass is 528 g/mol. The fraction of sp³-hybridized carbons (Fsp3) is 0.417. The third kappa shape index (κ3) is 5.93. The van der Waals surface area contributed by atoms with Gasteiger partial charge >= 0.3 is 13.7 Å². The van der Waals surface area contributed by atoms with Crippen LogP contribution in [-0.2, 0) is 18.6 Å². The fourth-order valence-corrected chi connectivity index (χ4v) is 5.57. The third-order valence-electron chi connectivity index (χ3n) is 6.05. The van der Waals surface area contributed by atoms with Crippen molar-refractivity contribution in [2.24, 2.45) is 5.92 Å². The van der Waals surface area contributed by atoms with Gasteiger partial charge in [0.05, 0.1) is 26.1 Å². The number of imidazole rings is 1. The molecule has 0 bridgehead atoms. The molecule has 1 unspecified atom stereocenters. The second-order valence-electron chi connectivity index (χ2n) is 9.05. The van der Waals surface area contributed by atoms with E-state index in [-0.39, 0.29) is 30.6 Å². The number of benzene rings is 1. The number of carbonyl (C=O) groups excluding carboxylic acids is 1. The molecule has 0 spiro atoms. The number of anilines is 1. The normalized spacial score (nSPS) is 21.5. The van der Waals surface area contributed by atoms with Gasteiger partial charge in [0.25, 0.3) is 0 Å². The summed E-state index contributed by atoms with van der Waals surface area (Å²) in [4.78, 5) is 25.1. The molecule has 2 aliphatic carbocycles. The van der Waals surface area contributed by atoms with Crippen molar-refractivity contribution in [2.45, 2.75) is 44.4 Å².